The van der Waals surface area contributed by atoms with Gasteiger partial charge in [0.15, 0.2) is 0 Å². The van der Waals surface area contributed by atoms with Gasteiger partial charge < -0.3 is 0 Å². The van der Waals surface area contributed by atoms with E-state index in [-0.39, 0.29) is 30.1 Å². The Morgan fingerprint density at radius 3 is 0.727 bits per heavy atom. The average molecular weight is 413 g/mol. The van der Waals surface area contributed by atoms with E-state index in [1.807, 2.05) is 0 Å². The summed E-state index contributed by atoms with van der Waals surface area (Å²) in [5.41, 5.74) is 0. The fourth-order valence-electron chi connectivity index (χ4n) is 1.71. The molecule has 0 fully saturated rings. The summed E-state index contributed by atoms with van der Waals surface area (Å²) in [6.45, 7) is 0. The SMILES string of the molecule is Clc1c(Cl)c(Cl)c(Cl)c(Cl)c1Cl.c1ccc2ccccc2c1. The van der Waals surface area contributed by atoms with Crippen LogP contribution in [-0.2, 0) is 0 Å². The number of rotatable bonds is 0. The molecule has 0 heterocycles. The molecule has 0 saturated heterocycles. The maximum Gasteiger partial charge on any atom is 0.0810 e. The molecule has 0 N–H and O–H groups in total. The number of hydrogen-bond acceptors (Lipinski definition) is 0. The molecule has 0 unspecified atom stereocenters. The Morgan fingerprint density at radius 2 is 0.545 bits per heavy atom. The van der Waals surface area contributed by atoms with Crippen molar-refractivity contribution in [3.8, 4) is 0 Å². The molecule has 0 nitrogen and oxygen atoms in total. The van der Waals surface area contributed by atoms with Gasteiger partial charge in [-0.25, -0.2) is 0 Å². The quantitative estimate of drug-likeness (QED) is 0.256. The second-order valence-electron chi connectivity index (χ2n) is 4.23. The van der Waals surface area contributed by atoms with Gasteiger partial charge in [-0.05, 0) is 10.8 Å². The topological polar surface area (TPSA) is 0 Å². The lowest BCUT2D eigenvalue weighted by atomic mass is 10.1. The normalized spacial score (nSPS) is 10.3. The van der Waals surface area contributed by atoms with E-state index >= 15 is 0 Å². The third kappa shape index (κ3) is 3.94. The number of fused-ring (bicyclic) bond motifs is 1. The zero-order valence-corrected chi connectivity index (χ0v) is 15.4. The summed E-state index contributed by atoms with van der Waals surface area (Å²) in [6, 6.07) is 16.7. The van der Waals surface area contributed by atoms with Crippen LogP contribution in [0.3, 0.4) is 0 Å². The first-order valence-electron chi connectivity index (χ1n) is 6.04. The molecule has 0 radical (unpaired) electrons. The summed E-state index contributed by atoms with van der Waals surface area (Å²) < 4.78 is 0. The molecule has 0 aliphatic carbocycles. The lowest BCUT2D eigenvalue weighted by Gasteiger charge is -2.06. The molecule has 3 aromatic rings. The lowest BCUT2D eigenvalue weighted by molar-refractivity contribution is 1.69. The molecule has 0 saturated carbocycles. The van der Waals surface area contributed by atoms with Crippen molar-refractivity contribution in [3.05, 3.63) is 78.7 Å². The minimum absolute atomic E-state index is 0.109. The van der Waals surface area contributed by atoms with Gasteiger partial charge in [0.25, 0.3) is 0 Å². The van der Waals surface area contributed by atoms with Gasteiger partial charge in [-0.2, -0.15) is 0 Å². The molecule has 0 amide bonds. The van der Waals surface area contributed by atoms with Crippen molar-refractivity contribution in [2.75, 3.05) is 0 Å². The first kappa shape index (κ1) is 18.0. The Morgan fingerprint density at radius 1 is 0.364 bits per heavy atom. The van der Waals surface area contributed by atoms with Crippen molar-refractivity contribution in [1.29, 1.82) is 0 Å². The second-order valence-corrected chi connectivity index (χ2v) is 6.50. The molecular weight excluding hydrogens is 405 g/mol. The number of benzene rings is 3. The van der Waals surface area contributed by atoms with Crippen molar-refractivity contribution in [3.63, 3.8) is 0 Å². The Labute approximate surface area is 158 Å². The summed E-state index contributed by atoms with van der Waals surface area (Å²) in [5.74, 6) is 0. The zero-order chi connectivity index (χ0) is 16.3. The van der Waals surface area contributed by atoms with Gasteiger partial charge in [-0.3, -0.25) is 0 Å². The van der Waals surface area contributed by atoms with Gasteiger partial charge in [-0.1, -0.05) is 118 Å². The van der Waals surface area contributed by atoms with Crippen LogP contribution in [0.25, 0.3) is 10.8 Å². The van der Waals surface area contributed by atoms with Gasteiger partial charge >= 0.3 is 0 Å². The van der Waals surface area contributed by atoms with E-state index in [4.69, 9.17) is 69.6 Å². The smallest absolute Gasteiger partial charge is 0.0810 e. The molecular formula is C16H8Cl6. The minimum atomic E-state index is 0.109. The Bertz CT molecular complexity index is 643. The van der Waals surface area contributed by atoms with Crippen LogP contribution in [-0.4, -0.2) is 0 Å². The van der Waals surface area contributed by atoms with Crippen LogP contribution in [0.2, 0.25) is 30.1 Å². The van der Waals surface area contributed by atoms with Crippen LogP contribution < -0.4 is 0 Å². The monoisotopic (exact) mass is 410 g/mol. The van der Waals surface area contributed by atoms with E-state index in [0.717, 1.165) is 0 Å². The fraction of sp³-hybridized carbons (Fsp3) is 0. The highest BCUT2D eigenvalue weighted by Crippen LogP contribution is 2.46. The molecule has 0 atom stereocenters. The molecule has 3 rings (SSSR count). The summed E-state index contributed by atoms with van der Waals surface area (Å²) in [7, 11) is 0. The molecule has 6 heteroatoms. The second kappa shape index (κ2) is 7.97. The van der Waals surface area contributed by atoms with Crippen LogP contribution in [0.1, 0.15) is 0 Å². The van der Waals surface area contributed by atoms with Crippen molar-refractivity contribution in [2.24, 2.45) is 0 Å². The molecule has 0 aromatic heterocycles. The van der Waals surface area contributed by atoms with Crippen LogP contribution >= 0.6 is 69.6 Å². The predicted octanol–water partition coefficient (Wildman–Crippen LogP) is 8.45. The zero-order valence-electron chi connectivity index (χ0n) is 10.9. The van der Waals surface area contributed by atoms with E-state index in [0.29, 0.717) is 0 Å². The molecule has 0 bridgehead atoms. The molecule has 0 aliphatic rings. The Balaban J connectivity index is 0.000000162. The summed E-state index contributed by atoms with van der Waals surface area (Å²) >= 11 is 34.0. The molecule has 3 aromatic carbocycles. The maximum atomic E-state index is 5.67. The van der Waals surface area contributed by atoms with Gasteiger partial charge in [0.1, 0.15) is 0 Å². The van der Waals surface area contributed by atoms with Gasteiger partial charge in [-0.15, -0.1) is 0 Å². The Kier molecular flexibility index (Phi) is 6.52. The van der Waals surface area contributed by atoms with Crippen molar-refractivity contribution >= 4 is 80.4 Å². The average Bonchev–Trinajstić information content (AvgIpc) is 2.57. The van der Waals surface area contributed by atoms with Gasteiger partial charge in [0.2, 0.25) is 0 Å². The highest BCUT2D eigenvalue weighted by molar-refractivity contribution is 6.59. The summed E-state index contributed by atoms with van der Waals surface area (Å²) in [4.78, 5) is 0. The first-order chi connectivity index (χ1) is 10.4. The molecule has 114 valence electrons. The predicted molar refractivity (Wildman–Crippen MR) is 100 cm³/mol. The van der Waals surface area contributed by atoms with Crippen LogP contribution in [0.4, 0.5) is 0 Å². The maximum absolute atomic E-state index is 5.67. The molecule has 0 spiro atoms. The van der Waals surface area contributed by atoms with E-state index in [1.165, 1.54) is 10.8 Å². The third-order valence-electron chi connectivity index (χ3n) is 2.81. The van der Waals surface area contributed by atoms with E-state index in [1.54, 1.807) is 0 Å². The van der Waals surface area contributed by atoms with Crippen molar-refractivity contribution in [1.82, 2.24) is 0 Å². The van der Waals surface area contributed by atoms with Crippen molar-refractivity contribution < 1.29 is 0 Å². The van der Waals surface area contributed by atoms with Crippen molar-refractivity contribution in [2.45, 2.75) is 0 Å². The molecule has 22 heavy (non-hydrogen) atoms. The number of hydrogen-bond donors (Lipinski definition) is 0. The molecule has 0 aliphatic heterocycles. The largest absolute Gasteiger partial charge is 0.0810 e. The van der Waals surface area contributed by atoms with Crippen LogP contribution in [0, 0.1) is 0 Å². The van der Waals surface area contributed by atoms with E-state index in [9.17, 15) is 0 Å². The lowest BCUT2D eigenvalue weighted by Crippen LogP contribution is -1.79. The van der Waals surface area contributed by atoms with Crippen LogP contribution in [0.15, 0.2) is 48.5 Å². The Hall–Kier alpha value is -0.340. The highest BCUT2D eigenvalue weighted by Gasteiger charge is 2.17. The summed E-state index contributed by atoms with van der Waals surface area (Å²) in [6.07, 6.45) is 0. The number of halogens is 6. The van der Waals surface area contributed by atoms with Gasteiger partial charge in [0.05, 0.1) is 30.1 Å². The highest BCUT2D eigenvalue weighted by atomic mass is 35.5. The minimum Gasteiger partial charge on any atom is -0.0810 e. The summed E-state index contributed by atoms with van der Waals surface area (Å²) in [5, 5.41) is 3.27. The fourth-order valence-corrected chi connectivity index (χ4v) is 3.14. The third-order valence-corrected chi connectivity index (χ3v) is 5.66. The van der Waals surface area contributed by atoms with E-state index < -0.39 is 0 Å². The van der Waals surface area contributed by atoms with Crippen LogP contribution in [0.5, 0.6) is 0 Å². The van der Waals surface area contributed by atoms with E-state index in [2.05, 4.69) is 48.5 Å². The standard InChI is InChI=1S/C10H8.C6Cl6/c1-2-6-10-8-4-3-7-9(10)5-1;7-1-2(8)4(10)6(12)5(11)3(1)9/h1-8H;. The van der Waals surface area contributed by atoms with Gasteiger partial charge in [0, 0.05) is 0 Å². The first-order valence-corrected chi connectivity index (χ1v) is 8.31.